The molecule has 7 heteroatoms. The Kier molecular flexibility index (Phi) is 6.01. The molecule has 30 heavy (non-hydrogen) atoms. The molecule has 0 spiro atoms. The van der Waals surface area contributed by atoms with Gasteiger partial charge >= 0.3 is 0 Å². The van der Waals surface area contributed by atoms with E-state index in [-0.39, 0.29) is 17.8 Å². The molecule has 0 bridgehead atoms. The third-order valence-electron chi connectivity index (χ3n) is 5.14. The number of aliphatic hydroxyl groups excluding tert-OH is 1. The van der Waals surface area contributed by atoms with Gasteiger partial charge in [-0.3, -0.25) is 14.5 Å². The number of aryl methyl sites for hydroxylation is 1. The topological polar surface area (TPSA) is 85.3 Å². The number of methoxy groups -OCH3 is 3. The van der Waals surface area contributed by atoms with Gasteiger partial charge in [-0.05, 0) is 36.8 Å². The van der Waals surface area contributed by atoms with E-state index in [1.54, 1.807) is 31.2 Å². The summed E-state index contributed by atoms with van der Waals surface area (Å²) < 4.78 is 16.3. The second-order valence-electron chi connectivity index (χ2n) is 6.91. The van der Waals surface area contributed by atoms with Gasteiger partial charge in [0.25, 0.3) is 5.91 Å². The maximum absolute atomic E-state index is 13.0. The number of benzene rings is 2. The molecular formula is C23H25NO6. The van der Waals surface area contributed by atoms with Crippen LogP contribution >= 0.6 is 0 Å². The molecule has 3 rings (SSSR count). The van der Waals surface area contributed by atoms with Crippen LogP contribution in [0.1, 0.15) is 30.5 Å². The predicted octanol–water partition coefficient (Wildman–Crippen LogP) is 3.90. The first kappa shape index (κ1) is 21.2. The number of hydrogen-bond donors (Lipinski definition) is 1. The number of carbonyl (C=O) groups is 2. The van der Waals surface area contributed by atoms with E-state index in [9.17, 15) is 14.7 Å². The number of Topliss-reactive ketones (excluding diaryl/α,β-unsaturated/α-hetero) is 1. The molecule has 158 valence electrons. The minimum atomic E-state index is -0.832. The third kappa shape index (κ3) is 3.47. The first-order valence-corrected chi connectivity index (χ1v) is 9.54. The largest absolute Gasteiger partial charge is 0.503 e. The van der Waals surface area contributed by atoms with Crippen LogP contribution in [0, 0.1) is 6.92 Å². The van der Waals surface area contributed by atoms with Gasteiger partial charge in [-0.25, -0.2) is 0 Å². The van der Waals surface area contributed by atoms with Crippen LogP contribution < -0.4 is 19.1 Å². The number of anilines is 1. The molecule has 0 radical (unpaired) electrons. The van der Waals surface area contributed by atoms with Gasteiger partial charge in [0, 0.05) is 12.1 Å². The highest BCUT2D eigenvalue weighted by Crippen LogP contribution is 2.46. The van der Waals surface area contributed by atoms with Gasteiger partial charge in [0.15, 0.2) is 23.0 Å². The van der Waals surface area contributed by atoms with Crippen LogP contribution in [0.15, 0.2) is 47.7 Å². The lowest BCUT2D eigenvalue weighted by molar-refractivity contribution is -0.118. The fraction of sp³-hybridized carbons (Fsp3) is 0.304. The molecule has 1 amide bonds. The molecule has 0 saturated heterocycles. The molecule has 1 heterocycles. The summed E-state index contributed by atoms with van der Waals surface area (Å²) in [6, 6.07) is 9.83. The normalized spacial score (nSPS) is 16.1. The van der Waals surface area contributed by atoms with Gasteiger partial charge in [0.2, 0.25) is 5.75 Å². The summed E-state index contributed by atoms with van der Waals surface area (Å²) in [5, 5.41) is 10.6. The summed E-state index contributed by atoms with van der Waals surface area (Å²) in [6.07, 6.45) is 0.148. The van der Waals surface area contributed by atoms with E-state index >= 15 is 0 Å². The number of amides is 1. The zero-order chi connectivity index (χ0) is 22.0. The molecule has 0 aromatic heterocycles. The number of hydrogen-bond acceptors (Lipinski definition) is 6. The molecule has 1 atom stereocenters. The van der Waals surface area contributed by atoms with Crippen LogP contribution in [0.25, 0.3) is 0 Å². The molecular weight excluding hydrogens is 386 g/mol. The number of rotatable bonds is 7. The minimum absolute atomic E-state index is 0.0531. The minimum Gasteiger partial charge on any atom is -0.503 e. The zero-order valence-corrected chi connectivity index (χ0v) is 17.7. The van der Waals surface area contributed by atoms with Crippen molar-refractivity contribution in [1.29, 1.82) is 0 Å². The van der Waals surface area contributed by atoms with Gasteiger partial charge in [0.1, 0.15) is 0 Å². The standard InChI is InChI=1S/C23H25NO6/c1-6-16(25)19-20(14-11-17(28-3)22(30-5)18(12-14)29-4)24(23(27)21(19)26)15-9-7-13(2)8-10-15/h7-12,20,26H,6H2,1-5H3. The smallest absolute Gasteiger partial charge is 0.294 e. The van der Waals surface area contributed by atoms with Crippen LogP contribution in [-0.4, -0.2) is 38.1 Å². The fourth-order valence-corrected chi connectivity index (χ4v) is 3.63. The molecule has 1 aliphatic rings. The van der Waals surface area contributed by atoms with Crippen molar-refractivity contribution in [2.45, 2.75) is 26.3 Å². The Morgan fingerprint density at radius 3 is 2.07 bits per heavy atom. The Hall–Kier alpha value is -3.48. The molecule has 7 nitrogen and oxygen atoms in total. The van der Waals surface area contributed by atoms with E-state index in [2.05, 4.69) is 0 Å². The van der Waals surface area contributed by atoms with E-state index in [0.29, 0.717) is 28.5 Å². The Bertz CT molecular complexity index is 984. The summed E-state index contributed by atoms with van der Waals surface area (Å²) in [5.74, 6) is -0.313. The summed E-state index contributed by atoms with van der Waals surface area (Å²) in [7, 11) is 4.48. The second kappa shape index (κ2) is 8.49. The number of ketones is 1. The maximum atomic E-state index is 13.0. The Balaban J connectivity index is 2.26. The summed E-state index contributed by atoms with van der Waals surface area (Å²) in [5.41, 5.74) is 2.20. The SMILES string of the molecule is CCC(=O)C1=C(O)C(=O)N(c2ccc(C)cc2)C1c1cc(OC)c(OC)c(OC)c1. The number of aliphatic hydroxyl groups is 1. The molecule has 1 aliphatic heterocycles. The number of carbonyl (C=O) groups excluding carboxylic acids is 2. The Labute approximate surface area is 175 Å². The van der Waals surface area contributed by atoms with Gasteiger partial charge in [0.05, 0.1) is 32.9 Å². The van der Waals surface area contributed by atoms with Crippen LogP contribution in [-0.2, 0) is 9.59 Å². The van der Waals surface area contributed by atoms with Crippen molar-refractivity contribution in [3.05, 3.63) is 58.9 Å². The second-order valence-corrected chi connectivity index (χ2v) is 6.91. The summed E-state index contributed by atoms with van der Waals surface area (Å²) in [4.78, 5) is 27.2. The van der Waals surface area contributed by atoms with E-state index in [1.807, 2.05) is 19.1 Å². The van der Waals surface area contributed by atoms with Crippen molar-refractivity contribution in [3.8, 4) is 17.2 Å². The van der Waals surface area contributed by atoms with Crippen LogP contribution in [0.5, 0.6) is 17.2 Å². The van der Waals surface area contributed by atoms with Crippen molar-refractivity contribution in [3.63, 3.8) is 0 Å². The average Bonchev–Trinajstić information content (AvgIpc) is 3.03. The predicted molar refractivity (Wildman–Crippen MR) is 112 cm³/mol. The van der Waals surface area contributed by atoms with E-state index in [1.165, 1.54) is 26.2 Å². The third-order valence-corrected chi connectivity index (χ3v) is 5.14. The monoisotopic (exact) mass is 411 g/mol. The molecule has 2 aromatic rings. The van der Waals surface area contributed by atoms with Crippen molar-refractivity contribution >= 4 is 17.4 Å². The Morgan fingerprint density at radius 1 is 1.03 bits per heavy atom. The van der Waals surface area contributed by atoms with Crippen molar-refractivity contribution in [2.75, 3.05) is 26.2 Å². The molecule has 0 aliphatic carbocycles. The Morgan fingerprint density at radius 2 is 1.60 bits per heavy atom. The zero-order valence-electron chi connectivity index (χ0n) is 17.7. The number of ether oxygens (including phenoxy) is 3. The fourth-order valence-electron chi connectivity index (χ4n) is 3.63. The molecule has 1 unspecified atom stereocenters. The summed E-state index contributed by atoms with van der Waals surface area (Å²) >= 11 is 0. The van der Waals surface area contributed by atoms with Crippen molar-refractivity contribution in [2.24, 2.45) is 0 Å². The van der Waals surface area contributed by atoms with Gasteiger partial charge in [-0.15, -0.1) is 0 Å². The molecule has 1 N–H and O–H groups in total. The molecule has 0 fully saturated rings. The quantitative estimate of drug-likeness (QED) is 0.744. The molecule has 2 aromatic carbocycles. The lowest BCUT2D eigenvalue weighted by Crippen LogP contribution is -2.31. The van der Waals surface area contributed by atoms with Crippen molar-refractivity contribution in [1.82, 2.24) is 0 Å². The van der Waals surface area contributed by atoms with Crippen molar-refractivity contribution < 1.29 is 28.9 Å². The van der Waals surface area contributed by atoms with Gasteiger partial charge in [-0.1, -0.05) is 24.6 Å². The van der Waals surface area contributed by atoms with Crippen LogP contribution in [0.2, 0.25) is 0 Å². The first-order chi connectivity index (χ1) is 14.4. The first-order valence-electron chi connectivity index (χ1n) is 9.54. The summed E-state index contributed by atoms with van der Waals surface area (Å²) in [6.45, 7) is 3.63. The number of nitrogens with zero attached hydrogens (tertiary/aromatic N) is 1. The van der Waals surface area contributed by atoms with E-state index < -0.39 is 17.7 Å². The van der Waals surface area contributed by atoms with Crippen LogP contribution in [0.4, 0.5) is 5.69 Å². The highest BCUT2D eigenvalue weighted by Gasteiger charge is 2.44. The van der Waals surface area contributed by atoms with Crippen LogP contribution in [0.3, 0.4) is 0 Å². The molecule has 0 saturated carbocycles. The lowest BCUT2D eigenvalue weighted by Gasteiger charge is -2.28. The average molecular weight is 411 g/mol. The highest BCUT2D eigenvalue weighted by molar-refractivity contribution is 6.16. The maximum Gasteiger partial charge on any atom is 0.294 e. The van der Waals surface area contributed by atoms with Gasteiger partial charge < -0.3 is 19.3 Å². The van der Waals surface area contributed by atoms with E-state index in [0.717, 1.165) is 5.56 Å². The highest BCUT2D eigenvalue weighted by atomic mass is 16.5. The lowest BCUT2D eigenvalue weighted by atomic mass is 9.94. The van der Waals surface area contributed by atoms with Gasteiger partial charge in [-0.2, -0.15) is 0 Å². The van der Waals surface area contributed by atoms with E-state index in [4.69, 9.17) is 14.2 Å².